The highest BCUT2D eigenvalue weighted by molar-refractivity contribution is 8.29. The number of aryl methyl sites for hydroxylation is 3. The normalized spacial score (nSPS) is 15.4. The lowest BCUT2D eigenvalue weighted by molar-refractivity contribution is 0.533. The van der Waals surface area contributed by atoms with Crippen molar-refractivity contribution in [2.24, 2.45) is 0 Å². The molecule has 72 valence electrons. The first-order chi connectivity index (χ1) is 5.82. The van der Waals surface area contributed by atoms with Gasteiger partial charge >= 0.3 is 0 Å². The van der Waals surface area contributed by atoms with Gasteiger partial charge in [0.2, 0.25) is 0 Å². The van der Waals surface area contributed by atoms with Gasteiger partial charge in [-0.05, 0) is 51.9 Å². The molecule has 2 nitrogen and oxygen atoms in total. The summed E-state index contributed by atoms with van der Waals surface area (Å²) < 4.78 is 22.4. The van der Waals surface area contributed by atoms with E-state index < -0.39 is 8.77 Å². The van der Waals surface area contributed by atoms with Gasteiger partial charge in [0.15, 0.2) is 0 Å². The van der Waals surface area contributed by atoms with Gasteiger partial charge in [0.1, 0.15) is 0 Å². The Morgan fingerprint density at radius 3 is 1.92 bits per heavy atom. The van der Waals surface area contributed by atoms with Crippen molar-refractivity contribution < 1.29 is 8.76 Å². The zero-order valence-electron chi connectivity index (χ0n) is 7.79. The van der Waals surface area contributed by atoms with Crippen LogP contribution in [-0.2, 0) is 20.0 Å². The van der Waals surface area contributed by atoms with Crippen molar-refractivity contribution in [1.29, 1.82) is 0 Å². The zero-order valence-corrected chi connectivity index (χ0v) is 9.42. The average Bonchev–Trinajstić information content (AvgIpc) is 1.78. The minimum Gasteiger partial charge on any atom is -0.766 e. The van der Waals surface area contributed by atoms with Gasteiger partial charge in [-0.3, -0.25) is 4.21 Å². The van der Waals surface area contributed by atoms with E-state index in [1.54, 1.807) is 13.8 Å². The molecule has 1 rings (SSSR count). The third-order valence-electron chi connectivity index (χ3n) is 1.85. The Kier molecular flexibility index (Phi) is 2.75. The lowest BCUT2D eigenvalue weighted by atomic mass is 10.1. The van der Waals surface area contributed by atoms with E-state index in [0.717, 1.165) is 16.7 Å². The molecule has 0 saturated carbocycles. The zero-order chi connectivity index (χ0) is 10.2. The van der Waals surface area contributed by atoms with E-state index >= 15 is 0 Å². The number of rotatable bonds is 1. The molecule has 1 atom stereocenters. The predicted octanol–water partition coefficient (Wildman–Crippen LogP) is 1.85. The predicted molar refractivity (Wildman–Crippen MR) is 55.2 cm³/mol. The smallest absolute Gasteiger partial charge is 0.0339 e. The maximum absolute atomic E-state index is 11.2. The second kappa shape index (κ2) is 3.36. The lowest BCUT2D eigenvalue weighted by Gasteiger charge is -2.17. The molecule has 1 aromatic rings. The Hall–Kier alpha value is -0.450. The Labute approximate surface area is 83.5 Å². The van der Waals surface area contributed by atoms with Crippen LogP contribution in [0.25, 0.3) is 0 Å². The van der Waals surface area contributed by atoms with Crippen LogP contribution >= 0.6 is 0 Å². The van der Waals surface area contributed by atoms with Crippen LogP contribution in [-0.4, -0.2) is 8.76 Å². The first kappa shape index (κ1) is 10.6. The summed E-state index contributed by atoms with van der Waals surface area (Å²) in [4.78, 5) is 0.285. The summed E-state index contributed by atoms with van der Waals surface area (Å²) in [7, 11) is -3.50. The van der Waals surface area contributed by atoms with E-state index in [4.69, 9.17) is 0 Å². The molecule has 0 bridgehead atoms. The third-order valence-corrected chi connectivity index (χ3v) is 3.50. The van der Waals surface area contributed by atoms with Crippen LogP contribution in [0.5, 0.6) is 0 Å². The van der Waals surface area contributed by atoms with Gasteiger partial charge in [-0.1, -0.05) is 17.7 Å². The van der Waals surface area contributed by atoms with E-state index in [1.165, 1.54) is 0 Å². The van der Waals surface area contributed by atoms with Crippen molar-refractivity contribution in [3.63, 3.8) is 0 Å². The summed E-state index contributed by atoms with van der Waals surface area (Å²) in [6.07, 6.45) is 0. The van der Waals surface area contributed by atoms with Gasteiger partial charge in [0.25, 0.3) is 0 Å². The van der Waals surface area contributed by atoms with E-state index in [2.05, 4.69) is 11.2 Å². The topological polar surface area (TPSA) is 40.1 Å². The molecule has 0 saturated heterocycles. The standard InChI is InChI=1S/C9H12O2S2/c1-6-4-7(2)9(8(3)5-6)13(10,11)12/h4-5H,1-3H3,(H,10,11,12)/p-1. The summed E-state index contributed by atoms with van der Waals surface area (Å²) in [6.45, 7) is 5.46. The van der Waals surface area contributed by atoms with Crippen LogP contribution in [0.3, 0.4) is 0 Å². The van der Waals surface area contributed by atoms with Gasteiger partial charge in [0, 0.05) is 4.90 Å². The van der Waals surface area contributed by atoms with Gasteiger partial charge in [-0.2, -0.15) is 0 Å². The number of benzene rings is 1. The summed E-state index contributed by atoms with van der Waals surface area (Å²) in [6, 6.07) is 3.65. The van der Waals surface area contributed by atoms with E-state index in [1.807, 2.05) is 19.1 Å². The molecule has 0 spiro atoms. The first-order valence-corrected chi connectivity index (χ1v) is 6.27. The molecule has 0 aliphatic carbocycles. The number of hydrogen-bond acceptors (Lipinski definition) is 3. The molecule has 0 N–H and O–H groups in total. The molecule has 1 unspecified atom stereocenters. The fraction of sp³-hybridized carbons (Fsp3) is 0.333. The van der Waals surface area contributed by atoms with Gasteiger partial charge in [-0.25, -0.2) is 0 Å². The van der Waals surface area contributed by atoms with E-state index in [-0.39, 0.29) is 4.90 Å². The second-order valence-corrected chi connectivity index (χ2v) is 5.81. The molecular formula is C9H11O2S2-. The quantitative estimate of drug-likeness (QED) is 0.717. The molecular weight excluding hydrogens is 204 g/mol. The van der Waals surface area contributed by atoms with Gasteiger partial charge in [0.05, 0.1) is 0 Å². The highest BCUT2D eigenvalue weighted by Gasteiger charge is 2.06. The summed E-state index contributed by atoms with van der Waals surface area (Å²) in [5.41, 5.74) is 2.51. The molecule has 0 amide bonds. The molecule has 13 heavy (non-hydrogen) atoms. The largest absolute Gasteiger partial charge is 0.766 e. The lowest BCUT2D eigenvalue weighted by Crippen LogP contribution is -2.03. The Morgan fingerprint density at radius 1 is 1.23 bits per heavy atom. The molecule has 4 heteroatoms. The van der Waals surface area contributed by atoms with Crippen LogP contribution in [0, 0.1) is 20.8 Å². The summed E-state index contributed by atoms with van der Waals surface area (Å²) >= 11 is 4.44. The molecule has 0 aromatic heterocycles. The van der Waals surface area contributed by atoms with Gasteiger partial charge in [-0.15, -0.1) is 0 Å². The highest BCUT2D eigenvalue weighted by atomic mass is 32.8. The molecule has 0 heterocycles. The van der Waals surface area contributed by atoms with Crippen molar-refractivity contribution in [2.45, 2.75) is 25.7 Å². The molecule has 0 aliphatic rings. The minimum atomic E-state index is -3.50. The molecule has 0 aliphatic heterocycles. The first-order valence-electron chi connectivity index (χ1n) is 3.86. The van der Waals surface area contributed by atoms with Crippen molar-refractivity contribution in [3.8, 4) is 0 Å². The fourth-order valence-electron chi connectivity index (χ4n) is 1.56. The maximum Gasteiger partial charge on any atom is 0.0339 e. The monoisotopic (exact) mass is 215 g/mol. The Bertz CT molecular complexity index is 410. The summed E-state index contributed by atoms with van der Waals surface area (Å²) in [5.74, 6) is 0. The van der Waals surface area contributed by atoms with Crippen LogP contribution in [0.4, 0.5) is 0 Å². The SMILES string of the molecule is Cc1cc(C)c(S(=O)([O-])=S)c(C)c1. The third kappa shape index (κ3) is 2.27. The molecule has 0 radical (unpaired) electrons. The second-order valence-electron chi connectivity index (χ2n) is 3.18. The maximum atomic E-state index is 11.2. The highest BCUT2D eigenvalue weighted by Crippen LogP contribution is 2.21. The van der Waals surface area contributed by atoms with Crippen LogP contribution in [0.1, 0.15) is 16.7 Å². The van der Waals surface area contributed by atoms with Gasteiger partial charge < -0.3 is 4.55 Å². The van der Waals surface area contributed by atoms with Crippen molar-refractivity contribution >= 4 is 20.0 Å². The van der Waals surface area contributed by atoms with E-state index in [9.17, 15) is 8.76 Å². The number of hydrogen-bond donors (Lipinski definition) is 0. The van der Waals surface area contributed by atoms with Crippen molar-refractivity contribution in [3.05, 3.63) is 28.8 Å². The van der Waals surface area contributed by atoms with Crippen molar-refractivity contribution in [2.75, 3.05) is 0 Å². The molecule has 0 fully saturated rings. The average molecular weight is 215 g/mol. The Morgan fingerprint density at radius 2 is 1.62 bits per heavy atom. The fourth-order valence-corrected chi connectivity index (χ4v) is 3.26. The van der Waals surface area contributed by atoms with Crippen LogP contribution < -0.4 is 0 Å². The van der Waals surface area contributed by atoms with Crippen LogP contribution in [0.2, 0.25) is 0 Å². The van der Waals surface area contributed by atoms with Crippen LogP contribution in [0.15, 0.2) is 17.0 Å². The Balaban J connectivity index is 3.57. The van der Waals surface area contributed by atoms with E-state index in [0.29, 0.717) is 0 Å². The van der Waals surface area contributed by atoms with Crippen molar-refractivity contribution in [1.82, 2.24) is 0 Å². The molecule has 1 aromatic carbocycles. The summed E-state index contributed by atoms with van der Waals surface area (Å²) in [5, 5.41) is 0. The minimum absolute atomic E-state index is 0.285.